The molecule has 3 rings (SSSR count). The van der Waals surface area contributed by atoms with Crippen LogP contribution in [-0.2, 0) is 17.8 Å². The summed E-state index contributed by atoms with van der Waals surface area (Å²) in [6, 6.07) is 19.2. The zero-order chi connectivity index (χ0) is 15.9. The van der Waals surface area contributed by atoms with Gasteiger partial charge in [0.15, 0.2) is 0 Å². The zero-order valence-corrected chi connectivity index (χ0v) is 12.5. The molecular weight excluding hydrogens is 290 g/mol. The third-order valence-corrected chi connectivity index (χ3v) is 3.57. The van der Waals surface area contributed by atoms with Crippen LogP contribution >= 0.6 is 0 Å². The van der Waals surface area contributed by atoms with Crippen LogP contribution in [-0.4, -0.2) is 26.1 Å². The summed E-state index contributed by atoms with van der Waals surface area (Å²) in [5.74, 6) is -0.106. The minimum Gasteiger partial charge on any atom is -0.350 e. The molecule has 0 bridgehead atoms. The summed E-state index contributed by atoms with van der Waals surface area (Å²) in [4.78, 5) is 12.6. The lowest BCUT2D eigenvalue weighted by Gasteiger charge is -2.16. The Bertz CT molecular complexity index is 728. The molecule has 6 heteroatoms. The average molecular weight is 307 g/mol. The van der Waals surface area contributed by atoms with Crippen molar-refractivity contribution in [2.75, 3.05) is 0 Å². The topological polar surface area (TPSA) is 72.7 Å². The molecule has 0 radical (unpaired) electrons. The van der Waals surface area contributed by atoms with Crippen molar-refractivity contribution in [3.05, 3.63) is 78.1 Å². The number of carbonyl (C=O) groups excluding carboxylic acids is 1. The SMILES string of the molecule is O=C(NCc1ccccc1)[C@@H](Cc1ccccc1)n1cnnn1. The molecule has 1 heterocycles. The van der Waals surface area contributed by atoms with E-state index in [1.807, 2.05) is 60.7 Å². The summed E-state index contributed by atoms with van der Waals surface area (Å²) in [6.07, 6.45) is 2.00. The second kappa shape index (κ2) is 7.31. The van der Waals surface area contributed by atoms with Crippen molar-refractivity contribution in [2.24, 2.45) is 0 Å². The predicted octanol–water partition coefficient (Wildman–Crippen LogP) is 1.77. The maximum atomic E-state index is 12.6. The summed E-state index contributed by atoms with van der Waals surface area (Å²) < 4.78 is 1.49. The molecule has 0 unspecified atom stereocenters. The fourth-order valence-corrected chi connectivity index (χ4v) is 2.36. The minimum absolute atomic E-state index is 0.106. The molecule has 23 heavy (non-hydrogen) atoms. The second-order valence-electron chi connectivity index (χ2n) is 5.20. The van der Waals surface area contributed by atoms with E-state index in [2.05, 4.69) is 20.8 Å². The number of nitrogens with zero attached hydrogens (tertiary/aromatic N) is 4. The van der Waals surface area contributed by atoms with Crippen molar-refractivity contribution in [1.82, 2.24) is 25.5 Å². The number of benzene rings is 2. The Morgan fingerprint density at radius 3 is 2.26 bits per heavy atom. The van der Waals surface area contributed by atoms with Gasteiger partial charge in [0.2, 0.25) is 5.91 Å². The van der Waals surface area contributed by atoms with E-state index >= 15 is 0 Å². The molecule has 0 saturated heterocycles. The molecule has 6 nitrogen and oxygen atoms in total. The number of carbonyl (C=O) groups is 1. The Morgan fingerprint density at radius 2 is 1.65 bits per heavy atom. The van der Waals surface area contributed by atoms with Crippen LogP contribution in [0, 0.1) is 0 Å². The molecule has 0 aliphatic heterocycles. The fraction of sp³-hybridized carbons (Fsp3) is 0.176. The Morgan fingerprint density at radius 1 is 1.00 bits per heavy atom. The number of hydrogen-bond acceptors (Lipinski definition) is 4. The minimum atomic E-state index is -0.476. The number of amides is 1. The number of aromatic nitrogens is 4. The molecule has 0 spiro atoms. The van der Waals surface area contributed by atoms with Crippen LogP contribution in [0.3, 0.4) is 0 Å². The second-order valence-corrected chi connectivity index (χ2v) is 5.20. The van der Waals surface area contributed by atoms with Crippen molar-refractivity contribution in [2.45, 2.75) is 19.0 Å². The van der Waals surface area contributed by atoms with E-state index in [1.165, 1.54) is 11.0 Å². The molecule has 116 valence electrons. The van der Waals surface area contributed by atoms with Crippen molar-refractivity contribution in [3.8, 4) is 0 Å². The monoisotopic (exact) mass is 307 g/mol. The summed E-state index contributed by atoms with van der Waals surface area (Å²) >= 11 is 0. The first-order valence-corrected chi connectivity index (χ1v) is 7.41. The van der Waals surface area contributed by atoms with Crippen molar-refractivity contribution in [3.63, 3.8) is 0 Å². The van der Waals surface area contributed by atoms with Crippen LogP contribution < -0.4 is 5.32 Å². The van der Waals surface area contributed by atoms with Crippen LogP contribution in [0.25, 0.3) is 0 Å². The molecule has 0 aliphatic carbocycles. The quantitative estimate of drug-likeness (QED) is 0.753. The Kier molecular flexibility index (Phi) is 4.73. The maximum Gasteiger partial charge on any atom is 0.245 e. The standard InChI is InChI=1S/C17H17N5O/c23-17(18-12-15-9-5-2-6-10-15)16(22-13-19-20-21-22)11-14-7-3-1-4-8-14/h1-10,13,16H,11-12H2,(H,18,23)/t16-/m1/s1. The third kappa shape index (κ3) is 4.00. The van der Waals surface area contributed by atoms with Crippen LogP contribution in [0.1, 0.15) is 17.2 Å². The van der Waals surface area contributed by atoms with E-state index in [0.29, 0.717) is 13.0 Å². The lowest BCUT2D eigenvalue weighted by Crippen LogP contribution is -2.34. The average Bonchev–Trinajstić information content (AvgIpc) is 3.14. The highest BCUT2D eigenvalue weighted by molar-refractivity contribution is 5.80. The molecule has 0 saturated carbocycles. The van der Waals surface area contributed by atoms with Crippen molar-refractivity contribution < 1.29 is 4.79 Å². The Hall–Kier alpha value is -3.02. The summed E-state index contributed by atoms with van der Waals surface area (Å²) in [7, 11) is 0. The van der Waals surface area contributed by atoms with Gasteiger partial charge >= 0.3 is 0 Å². The molecule has 0 aliphatic rings. The number of nitrogens with one attached hydrogen (secondary N) is 1. The Labute approximate surface area is 134 Å². The lowest BCUT2D eigenvalue weighted by atomic mass is 10.1. The number of hydrogen-bond donors (Lipinski definition) is 1. The van der Waals surface area contributed by atoms with Crippen molar-refractivity contribution in [1.29, 1.82) is 0 Å². The molecule has 1 amide bonds. The largest absolute Gasteiger partial charge is 0.350 e. The first-order chi connectivity index (χ1) is 11.3. The molecule has 1 atom stereocenters. The molecule has 1 aromatic heterocycles. The normalized spacial score (nSPS) is 11.8. The van der Waals surface area contributed by atoms with Gasteiger partial charge in [-0.2, -0.15) is 0 Å². The van der Waals surface area contributed by atoms with E-state index in [-0.39, 0.29) is 5.91 Å². The number of tetrazole rings is 1. The fourth-order valence-electron chi connectivity index (χ4n) is 2.36. The highest BCUT2D eigenvalue weighted by Crippen LogP contribution is 2.13. The Balaban J connectivity index is 1.71. The van der Waals surface area contributed by atoms with Gasteiger partial charge in [-0.1, -0.05) is 60.7 Å². The van der Waals surface area contributed by atoms with Gasteiger partial charge in [0.1, 0.15) is 12.4 Å². The third-order valence-electron chi connectivity index (χ3n) is 3.57. The van der Waals surface area contributed by atoms with Crippen LogP contribution in [0.4, 0.5) is 0 Å². The van der Waals surface area contributed by atoms with Gasteiger partial charge in [0.05, 0.1) is 0 Å². The molecular formula is C17H17N5O. The first kappa shape index (κ1) is 14.9. The van der Waals surface area contributed by atoms with Crippen LogP contribution in [0.2, 0.25) is 0 Å². The van der Waals surface area contributed by atoms with Gasteiger partial charge in [-0.05, 0) is 21.6 Å². The molecule has 2 aromatic carbocycles. The van der Waals surface area contributed by atoms with Crippen LogP contribution in [0.5, 0.6) is 0 Å². The first-order valence-electron chi connectivity index (χ1n) is 7.41. The maximum absolute atomic E-state index is 12.6. The van der Waals surface area contributed by atoms with E-state index in [4.69, 9.17) is 0 Å². The summed E-state index contributed by atoms with van der Waals surface area (Å²) in [6.45, 7) is 0.479. The van der Waals surface area contributed by atoms with E-state index in [9.17, 15) is 4.79 Å². The molecule has 0 fully saturated rings. The van der Waals surface area contributed by atoms with Gasteiger partial charge < -0.3 is 5.32 Å². The zero-order valence-electron chi connectivity index (χ0n) is 12.5. The van der Waals surface area contributed by atoms with E-state index < -0.39 is 6.04 Å². The van der Waals surface area contributed by atoms with Gasteiger partial charge in [0.25, 0.3) is 0 Å². The van der Waals surface area contributed by atoms with Gasteiger partial charge in [-0.3, -0.25) is 4.79 Å². The van der Waals surface area contributed by atoms with Crippen LogP contribution in [0.15, 0.2) is 67.0 Å². The van der Waals surface area contributed by atoms with E-state index in [0.717, 1.165) is 11.1 Å². The van der Waals surface area contributed by atoms with Crippen molar-refractivity contribution >= 4 is 5.91 Å². The highest BCUT2D eigenvalue weighted by Gasteiger charge is 2.21. The van der Waals surface area contributed by atoms with Gasteiger partial charge in [0, 0.05) is 13.0 Å². The van der Waals surface area contributed by atoms with Gasteiger partial charge in [-0.15, -0.1) is 5.10 Å². The van der Waals surface area contributed by atoms with Gasteiger partial charge in [-0.25, -0.2) is 4.68 Å². The predicted molar refractivity (Wildman–Crippen MR) is 85.3 cm³/mol. The highest BCUT2D eigenvalue weighted by atomic mass is 16.2. The summed E-state index contributed by atoms with van der Waals surface area (Å²) in [5, 5.41) is 14.1. The smallest absolute Gasteiger partial charge is 0.245 e. The number of rotatable bonds is 6. The summed E-state index contributed by atoms with van der Waals surface area (Å²) in [5.41, 5.74) is 2.11. The lowest BCUT2D eigenvalue weighted by molar-refractivity contribution is -0.124. The molecule has 3 aromatic rings. The van der Waals surface area contributed by atoms with E-state index in [1.54, 1.807) is 0 Å². The molecule has 1 N–H and O–H groups in total.